The van der Waals surface area contributed by atoms with Crippen molar-refractivity contribution in [1.82, 2.24) is 15.6 Å². The number of thiazole rings is 1. The van der Waals surface area contributed by atoms with Gasteiger partial charge in [0.2, 0.25) is 0 Å². The van der Waals surface area contributed by atoms with Crippen LogP contribution in [0, 0.1) is 6.92 Å². The Labute approximate surface area is 169 Å². The smallest absolute Gasteiger partial charge is 0.191 e. The van der Waals surface area contributed by atoms with Crippen molar-refractivity contribution in [2.24, 2.45) is 4.99 Å². The van der Waals surface area contributed by atoms with E-state index < -0.39 is 0 Å². The van der Waals surface area contributed by atoms with Crippen LogP contribution in [0.5, 0.6) is 0 Å². The number of aryl methyl sites for hydroxylation is 1. The van der Waals surface area contributed by atoms with E-state index >= 15 is 0 Å². The van der Waals surface area contributed by atoms with Gasteiger partial charge in [-0.1, -0.05) is 18.2 Å². The van der Waals surface area contributed by atoms with E-state index in [0.29, 0.717) is 6.54 Å². The van der Waals surface area contributed by atoms with Crippen LogP contribution in [0.25, 0.3) is 11.0 Å². The first-order valence-electron chi connectivity index (χ1n) is 9.85. The molecule has 0 spiro atoms. The zero-order chi connectivity index (χ0) is 19.3. The van der Waals surface area contributed by atoms with Gasteiger partial charge in [-0.15, -0.1) is 11.3 Å². The summed E-state index contributed by atoms with van der Waals surface area (Å²) in [7, 11) is 1.79. The molecule has 6 nitrogen and oxygen atoms in total. The van der Waals surface area contributed by atoms with Crippen molar-refractivity contribution in [3.8, 4) is 0 Å². The molecule has 0 atom stereocenters. The van der Waals surface area contributed by atoms with E-state index in [2.05, 4.69) is 38.9 Å². The van der Waals surface area contributed by atoms with Crippen LogP contribution in [0.3, 0.4) is 0 Å². The summed E-state index contributed by atoms with van der Waals surface area (Å²) in [6.07, 6.45) is 3.45. The van der Waals surface area contributed by atoms with Crippen molar-refractivity contribution in [3.05, 3.63) is 46.7 Å². The molecule has 148 valence electrons. The molecule has 1 aliphatic rings. The van der Waals surface area contributed by atoms with Crippen LogP contribution >= 0.6 is 11.3 Å². The molecule has 1 aliphatic heterocycles. The first kappa shape index (κ1) is 18.8. The number of aromatic nitrogens is 1. The Bertz CT molecular complexity index is 955. The van der Waals surface area contributed by atoms with Crippen LogP contribution in [0.2, 0.25) is 0 Å². The quantitative estimate of drug-likeness (QED) is 0.490. The van der Waals surface area contributed by atoms with Crippen LogP contribution in [0.4, 0.5) is 5.13 Å². The molecule has 0 aliphatic carbocycles. The molecule has 7 heteroatoms. The van der Waals surface area contributed by atoms with E-state index in [1.165, 1.54) is 23.8 Å². The van der Waals surface area contributed by atoms with Crippen LogP contribution in [-0.2, 0) is 13.0 Å². The van der Waals surface area contributed by atoms with Crippen molar-refractivity contribution >= 4 is 33.4 Å². The summed E-state index contributed by atoms with van der Waals surface area (Å²) in [5, 5.41) is 11.2. The molecule has 1 aromatic carbocycles. The molecule has 0 amide bonds. The molecule has 2 N–H and O–H groups in total. The van der Waals surface area contributed by atoms with Gasteiger partial charge in [-0.05, 0) is 25.8 Å². The third kappa shape index (κ3) is 4.14. The highest BCUT2D eigenvalue weighted by molar-refractivity contribution is 7.13. The second-order valence-corrected chi connectivity index (χ2v) is 7.90. The molecule has 0 saturated carbocycles. The van der Waals surface area contributed by atoms with Gasteiger partial charge in [0, 0.05) is 49.4 Å². The van der Waals surface area contributed by atoms with Gasteiger partial charge < -0.3 is 20.0 Å². The molecule has 28 heavy (non-hydrogen) atoms. The second-order valence-electron chi connectivity index (χ2n) is 7.06. The summed E-state index contributed by atoms with van der Waals surface area (Å²) in [5.41, 5.74) is 3.25. The number of guanidine groups is 1. The van der Waals surface area contributed by atoms with Gasteiger partial charge in [-0.3, -0.25) is 4.99 Å². The average Bonchev–Trinajstić information content (AvgIpc) is 3.45. The van der Waals surface area contributed by atoms with E-state index in [4.69, 9.17) is 9.40 Å². The lowest BCUT2D eigenvalue weighted by Crippen LogP contribution is -2.37. The van der Waals surface area contributed by atoms with Gasteiger partial charge in [0.1, 0.15) is 11.3 Å². The van der Waals surface area contributed by atoms with E-state index in [-0.39, 0.29) is 0 Å². The fraction of sp³-hybridized carbons (Fsp3) is 0.429. The molecule has 0 bridgehead atoms. The Kier molecular flexibility index (Phi) is 5.81. The Morgan fingerprint density at radius 3 is 2.86 bits per heavy atom. The lowest BCUT2D eigenvalue weighted by Gasteiger charge is -2.12. The van der Waals surface area contributed by atoms with E-state index in [0.717, 1.165) is 54.2 Å². The molecule has 0 radical (unpaired) electrons. The summed E-state index contributed by atoms with van der Waals surface area (Å²) in [6.45, 7) is 5.78. The number of nitrogens with one attached hydrogen (secondary N) is 2. The van der Waals surface area contributed by atoms with Crippen LogP contribution in [-0.4, -0.2) is 37.6 Å². The number of nitrogens with zero attached hydrogens (tertiary/aromatic N) is 3. The molecule has 4 rings (SSSR count). The largest absolute Gasteiger partial charge is 0.459 e. The zero-order valence-corrected chi connectivity index (χ0v) is 17.3. The third-order valence-electron chi connectivity index (χ3n) is 5.17. The minimum absolute atomic E-state index is 0.607. The number of hydrogen-bond acceptors (Lipinski definition) is 5. The van der Waals surface area contributed by atoms with Crippen molar-refractivity contribution in [2.75, 3.05) is 31.6 Å². The van der Waals surface area contributed by atoms with Gasteiger partial charge in [-0.25, -0.2) is 4.98 Å². The van der Waals surface area contributed by atoms with Gasteiger partial charge >= 0.3 is 0 Å². The highest BCUT2D eigenvalue weighted by atomic mass is 32.1. The summed E-state index contributed by atoms with van der Waals surface area (Å²) in [5.74, 6) is 1.72. The lowest BCUT2D eigenvalue weighted by molar-refractivity contribution is 0.534. The van der Waals surface area contributed by atoms with Crippen LogP contribution in [0.1, 0.15) is 29.9 Å². The van der Waals surface area contributed by atoms with Crippen LogP contribution < -0.4 is 15.5 Å². The van der Waals surface area contributed by atoms with Crippen molar-refractivity contribution in [3.63, 3.8) is 0 Å². The number of para-hydroxylation sites is 1. The summed E-state index contributed by atoms with van der Waals surface area (Å²) >= 11 is 1.75. The molecule has 0 unspecified atom stereocenters. The topological polar surface area (TPSA) is 65.7 Å². The fourth-order valence-corrected chi connectivity index (χ4v) is 4.47. The predicted molar refractivity (Wildman–Crippen MR) is 116 cm³/mol. The monoisotopic (exact) mass is 397 g/mol. The molecular formula is C21H27N5OS. The Balaban J connectivity index is 1.27. The Morgan fingerprint density at radius 2 is 2.07 bits per heavy atom. The highest BCUT2D eigenvalue weighted by Crippen LogP contribution is 2.25. The number of hydrogen-bond donors (Lipinski definition) is 2. The van der Waals surface area contributed by atoms with Crippen molar-refractivity contribution < 1.29 is 4.42 Å². The maximum Gasteiger partial charge on any atom is 0.191 e. The maximum atomic E-state index is 5.96. The van der Waals surface area contributed by atoms with E-state index in [9.17, 15) is 0 Å². The van der Waals surface area contributed by atoms with Gasteiger partial charge in [0.15, 0.2) is 11.1 Å². The number of anilines is 1. The molecule has 1 saturated heterocycles. The highest BCUT2D eigenvalue weighted by Gasteiger charge is 2.15. The van der Waals surface area contributed by atoms with Gasteiger partial charge in [0.25, 0.3) is 0 Å². The number of benzene rings is 1. The minimum Gasteiger partial charge on any atom is -0.459 e. The molecule has 1 fully saturated rings. The van der Waals surface area contributed by atoms with E-state index in [1.807, 2.05) is 18.2 Å². The third-order valence-corrected chi connectivity index (χ3v) is 6.12. The maximum absolute atomic E-state index is 5.96. The Hall–Kier alpha value is -2.54. The first-order valence-corrected chi connectivity index (χ1v) is 10.7. The number of aliphatic imine (C=N–C) groups is 1. The standard InChI is InChI=1S/C21H27N5OS/c1-15-17-7-3-4-8-18(17)27-19(15)13-24-20(22-2)23-10-9-16-14-28-21(25-16)26-11-5-6-12-26/h3-4,7-8,14H,5-6,9-13H2,1-2H3,(H2,22,23,24). The summed E-state index contributed by atoms with van der Waals surface area (Å²) < 4.78 is 5.96. The average molecular weight is 398 g/mol. The van der Waals surface area contributed by atoms with Crippen molar-refractivity contribution in [2.45, 2.75) is 32.7 Å². The summed E-state index contributed by atoms with van der Waals surface area (Å²) in [4.78, 5) is 11.5. The fourth-order valence-electron chi connectivity index (χ4n) is 3.55. The first-order chi connectivity index (χ1) is 13.7. The molecular weight excluding hydrogens is 370 g/mol. The lowest BCUT2D eigenvalue weighted by atomic mass is 10.1. The molecule has 2 aromatic heterocycles. The number of rotatable bonds is 6. The molecule has 3 aromatic rings. The Morgan fingerprint density at radius 1 is 1.25 bits per heavy atom. The van der Waals surface area contributed by atoms with Crippen LogP contribution in [0.15, 0.2) is 39.1 Å². The predicted octanol–water partition coefficient (Wildman–Crippen LogP) is 3.71. The normalized spacial score (nSPS) is 14.8. The summed E-state index contributed by atoms with van der Waals surface area (Å²) in [6, 6.07) is 8.13. The van der Waals surface area contributed by atoms with Gasteiger partial charge in [-0.2, -0.15) is 0 Å². The van der Waals surface area contributed by atoms with Gasteiger partial charge in [0.05, 0.1) is 12.2 Å². The molecule has 3 heterocycles. The zero-order valence-electron chi connectivity index (χ0n) is 16.5. The second kappa shape index (κ2) is 8.65. The minimum atomic E-state index is 0.607. The van der Waals surface area contributed by atoms with E-state index in [1.54, 1.807) is 18.4 Å². The van der Waals surface area contributed by atoms with Crippen molar-refractivity contribution in [1.29, 1.82) is 0 Å². The SMILES string of the molecule is CN=C(NCCc1csc(N2CCCC2)n1)NCc1oc2ccccc2c1C. The number of furan rings is 1. The number of fused-ring (bicyclic) bond motifs is 1.